The van der Waals surface area contributed by atoms with Gasteiger partial charge in [0.15, 0.2) is 11.8 Å². The van der Waals surface area contributed by atoms with E-state index in [9.17, 15) is 9.59 Å². The van der Waals surface area contributed by atoms with Crippen LogP contribution in [0.5, 0.6) is 5.75 Å². The van der Waals surface area contributed by atoms with Crippen molar-refractivity contribution < 1.29 is 14.3 Å². The van der Waals surface area contributed by atoms with E-state index in [4.69, 9.17) is 27.9 Å². The number of carbonyl (C=O) groups excluding carboxylic acids is 2. The third-order valence-corrected chi connectivity index (χ3v) is 3.52. The lowest BCUT2D eigenvalue weighted by atomic mass is 10.3. The summed E-state index contributed by atoms with van der Waals surface area (Å²) in [5.41, 5.74) is 2.27. The van der Waals surface area contributed by atoms with Gasteiger partial charge in [0.2, 0.25) is 5.91 Å². The van der Waals surface area contributed by atoms with Gasteiger partial charge >= 0.3 is 0 Å². The maximum absolute atomic E-state index is 11.5. The molecule has 0 saturated carbocycles. The van der Waals surface area contributed by atoms with E-state index in [1.165, 1.54) is 17.8 Å². The molecular weight excluding hydrogens is 325 g/mol. The lowest BCUT2D eigenvalue weighted by Crippen LogP contribution is -2.28. The van der Waals surface area contributed by atoms with Crippen molar-refractivity contribution in [2.24, 2.45) is 5.10 Å². The average Bonchev–Trinajstić information content (AvgIpc) is 2.81. The zero-order valence-corrected chi connectivity index (χ0v) is 12.3. The van der Waals surface area contributed by atoms with Gasteiger partial charge in [0.25, 0.3) is 5.91 Å². The van der Waals surface area contributed by atoms with E-state index >= 15 is 0 Å². The Morgan fingerprint density at radius 1 is 1.50 bits per heavy atom. The highest BCUT2D eigenvalue weighted by Gasteiger charge is 2.16. The first-order valence-electron chi connectivity index (χ1n) is 5.41. The summed E-state index contributed by atoms with van der Waals surface area (Å²) in [4.78, 5) is 22.4. The molecule has 0 spiro atoms. The second kappa shape index (κ2) is 6.83. The number of rotatable bonds is 4. The molecule has 1 saturated heterocycles. The average molecular weight is 334 g/mol. The maximum atomic E-state index is 11.5. The summed E-state index contributed by atoms with van der Waals surface area (Å²) >= 11 is 12.8. The van der Waals surface area contributed by atoms with E-state index in [1.807, 2.05) is 0 Å². The molecule has 9 heteroatoms. The number of hydrazone groups is 1. The lowest BCUT2D eigenvalue weighted by Gasteiger charge is -2.07. The molecule has 0 radical (unpaired) electrons. The van der Waals surface area contributed by atoms with Gasteiger partial charge in [-0.15, -0.1) is 5.10 Å². The van der Waals surface area contributed by atoms with Crippen LogP contribution in [-0.4, -0.2) is 29.3 Å². The summed E-state index contributed by atoms with van der Waals surface area (Å²) in [6.07, 6.45) is 0. The number of benzene rings is 1. The Balaban J connectivity index is 1.82. The van der Waals surface area contributed by atoms with Crippen molar-refractivity contribution in [2.75, 3.05) is 12.4 Å². The molecule has 1 aliphatic heterocycles. The van der Waals surface area contributed by atoms with Gasteiger partial charge in [-0.1, -0.05) is 35.0 Å². The van der Waals surface area contributed by atoms with Crippen molar-refractivity contribution in [3.8, 4) is 5.75 Å². The molecule has 1 aliphatic rings. The highest BCUT2D eigenvalue weighted by Crippen LogP contribution is 2.27. The van der Waals surface area contributed by atoms with Crippen LogP contribution in [0.4, 0.5) is 0 Å². The van der Waals surface area contributed by atoms with Crippen molar-refractivity contribution in [3.63, 3.8) is 0 Å². The summed E-state index contributed by atoms with van der Waals surface area (Å²) in [5.74, 6) is 0.0332. The Hall–Kier alpha value is -1.44. The summed E-state index contributed by atoms with van der Waals surface area (Å²) in [5, 5.41) is 7.37. The van der Waals surface area contributed by atoms with Crippen LogP contribution in [0, 0.1) is 0 Å². The van der Waals surface area contributed by atoms with Gasteiger partial charge in [-0.05, 0) is 18.2 Å². The van der Waals surface area contributed by atoms with E-state index < -0.39 is 5.91 Å². The number of halogens is 2. The Kier molecular flexibility index (Phi) is 5.11. The fourth-order valence-electron chi connectivity index (χ4n) is 1.27. The minimum absolute atomic E-state index is 0.146. The second-order valence-electron chi connectivity index (χ2n) is 3.65. The van der Waals surface area contributed by atoms with Gasteiger partial charge in [0, 0.05) is 5.02 Å². The normalized spacial score (nSPS) is 16.1. The largest absolute Gasteiger partial charge is 0.482 e. The molecule has 0 bridgehead atoms. The molecule has 0 aliphatic carbocycles. The summed E-state index contributed by atoms with van der Waals surface area (Å²) in [7, 11) is 0. The second-order valence-corrected chi connectivity index (χ2v) is 5.46. The summed E-state index contributed by atoms with van der Waals surface area (Å²) in [6, 6.07) is 4.68. The van der Waals surface area contributed by atoms with E-state index in [0.717, 1.165) is 0 Å². The number of nitrogens with one attached hydrogen (secondary N) is 2. The van der Waals surface area contributed by atoms with Gasteiger partial charge in [-0.2, -0.15) is 0 Å². The zero-order valence-electron chi connectivity index (χ0n) is 9.98. The predicted molar refractivity (Wildman–Crippen MR) is 78.1 cm³/mol. The molecule has 1 heterocycles. The molecule has 1 fully saturated rings. The molecule has 1 aromatic carbocycles. The van der Waals surface area contributed by atoms with Crippen LogP contribution in [0.15, 0.2) is 23.3 Å². The lowest BCUT2D eigenvalue weighted by molar-refractivity contribution is -0.123. The SMILES string of the molecule is O=C(COc1ccc(Cl)cc1Cl)N/N=C1/NC(=O)CS1. The number of amides is 2. The molecule has 0 aromatic heterocycles. The monoisotopic (exact) mass is 333 g/mol. The third-order valence-electron chi connectivity index (χ3n) is 2.12. The fourth-order valence-corrected chi connectivity index (χ4v) is 2.37. The van der Waals surface area contributed by atoms with Crippen LogP contribution in [-0.2, 0) is 9.59 Å². The van der Waals surface area contributed by atoms with Crippen LogP contribution in [0.2, 0.25) is 10.0 Å². The standard InChI is InChI=1S/C11H9Cl2N3O3S/c12-6-1-2-8(7(13)3-6)19-4-9(17)15-16-11-14-10(18)5-20-11/h1-3H,4-5H2,(H,15,17)(H,14,16,18). The number of ether oxygens (including phenoxy) is 1. The molecule has 0 unspecified atom stereocenters. The number of amidine groups is 1. The molecule has 6 nitrogen and oxygen atoms in total. The van der Waals surface area contributed by atoms with Gasteiger partial charge in [-0.25, -0.2) is 5.43 Å². The van der Waals surface area contributed by atoms with Crippen molar-refractivity contribution in [1.29, 1.82) is 0 Å². The van der Waals surface area contributed by atoms with E-state index in [1.54, 1.807) is 12.1 Å². The Bertz CT molecular complexity index is 580. The molecule has 20 heavy (non-hydrogen) atoms. The Labute approximate surface area is 128 Å². The quantitative estimate of drug-likeness (QED) is 0.820. The molecule has 106 valence electrons. The van der Waals surface area contributed by atoms with E-state index in [2.05, 4.69) is 15.8 Å². The molecule has 1 aromatic rings. The highest BCUT2D eigenvalue weighted by molar-refractivity contribution is 8.15. The van der Waals surface area contributed by atoms with Gasteiger partial charge < -0.3 is 10.1 Å². The number of hydrogen-bond donors (Lipinski definition) is 2. The number of carbonyl (C=O) groups is 2. The van der Waals surface area contributed by atoms with Gasteiger partial charge in [-0.3, -0.25) is 9.59 Å². The van der Waals surface area contributed by atoms with Crippen molar-refractivity contribution in [1.82, 2.24) is 10.7 Å². The predicted octanol–water partition coefficient (Wildman–Crippen LogP) is 1.62. The van der Waals surface area contributed by atoms with Crippen LogP contribution in [0.1, 0.15) is 0 Å². The molecule has 2 N–H and O–H groups in total. The van der Waals surface area contributed by atoms with E-state index in [-0.39, 0.29) is 12.5 Å². The smallest absolute Gasteiger partial charge is 0.278 e. The van der Waals surface area contributed by atoms with Crippen LogP contribution < -0.4 is 15.5 Å². The first kappa shape index (κ1) is 15.0. The Morgan fingerprint density at radius 2 is 2.30 bits per heavy atom. The third kappa shape index (κ3) is 4.29. The number of nitrogens with zero attached hydrogens (tertiary/aromatic N) is 1. The molecule has 2 rings (SSSR count). The topological polar surface area (TPSA) is 79.8 Å². The van der Waals surface area contributed by atoms with Crippen LogP contribution >= 0.6 is 35.0 Å². The van der Waals surface area contributed by atoms with Crippen molar-refractivity contribution in [3.05, 3.63) is 28.2 Å². The first-order chi connectivity index (χ1) is 9.54. The maximum Gasteiger partial charge on any atom is 0.278 e. The van der Waals surface area contributed by atoms with Crippen molar-refractivity contribution >= 4 is 51.9 Å². The van der Waals surface area contributed by atoms with E-state index in [0.29, 0.717) is 26.7 Å². The highest BCUT2D eigenvalue weighted by atomic mass is 35.5. The van der Waals surface area contributed by atoms with Crippen LogP contribution in [0.25, 0.3) is 0 Å². The molecule has 2 amide bonds. The minimum Gasteiger partial charge on any atom is -0.482 e. The fraction of sp³-hybridized carbons (Fsp3) is 0.182. The summed E-state index contributed by atoms with van der Waals surface area (Å²) in [6.45, 7) is -0.253. The van der Waals surface area contributed by atoms with Crippen molar-refractivity contribution in [2.45, 2.75) is 0 Å². The minimum atomic E-state index is -0.467. The molecular formula is C11H9Cl2N3O3S. The molecule has 0 atom stereocenters. The zero-order chi connectivity index (χ0) is 14.5. The van der Waals surface area contributed by atoms with Gasteiger partial charge in [0.1, 0.15) is 5.75 Å². The number of thioether (sulfide) groups is 1. The van der Waals surface area contributed by atoms with Crippen LogP contribution in [0.3, 0.4) is 0 Å². The van der Waals surface area contributed by atoms with Gasteiger partial charge in [0.05, 0.1) is 10.8 Å². The summed E-state index contributed by atoms with van der Waals surface area (Å²) < 4.78 is 5.22. The Morgan fingerprint density at radius 3 is 2.95 bits per heavy atom. The number of hydrogen-bond acceptors (Lipinski definition) is 5. The first-order valence-corrected chi connectivity index (χ1v) is 7.16.